The van der Waals surface area contributed by atoms with Crippen molar-refractivity contribution >= 4 is 29.5 Å². The fraction of sp³-hybridized carbons (Fsp3) is 0.286. The van der Waals surface area contributed by atoms with E-state index in [4.69, 9.17) is 11.6 Å². The van der Waals surface area contributed by atoms with Crippen molar-refractivity contribution in [2.45, 2.75) is 6.42 Å². The molecule has 0 bridgehead atoms. The molecule has 1 saturated heterocycles. The standard InChI is InChI=1S/C14H14ClFN2O2/c15-11-8-10(2-4-12(11)16)3-5-14(20)18-7-1-6-17-13(19)9-18/h2-5,8H,1,6-7,9H2,(H,17,19). The second kappa shape index (κ2) is 6.52. The maximum atomic E-state index is 13.0. The van der Waals surface area contributed by atoms with E-state index in [9.17, 15) is 14.0 Å². The Hall–Kier alpha value is -1.88. The Morgan fingerprint density at radius 1 is 1.45 bits per heavy atom. The third-order valence-corrected chi connectivity index (χ3v) is 3.22. The first kappa shape index (κ1) is 14.5. The Kier molecular flexibility index (Phi) is 4.74. The molecule has 1 aliphatic rings. The molecule has 1 aromatic rings. The van der Waals surface area contributed by atoms with Crippen LogP contribution in [0.25, 0.3) is 6.08 Å². The molecule has 0 aromatic heterocycles. The maximum Gasteiger partial charge on any atom is 0.247 e. The lowest BCUT2D eigenvalue weighted by molar-refractivity contribution is -0.131. The molecule has 106 valence electrons. The largest absolute Gasteiger partial charge is 0.354 e. The molecule has 0 unspecified atom stereocenters. The topological polar surface area (TPSA) is 49.4 Å². The highest BCUT2D eigenvalue weighted by Gasteiger charge is 2.17. The van der Waals surface area contributed by atoms with Crippen molar-refractivity contribution in [3.05, 3.63) is 40.7 Å². The van der Waals surface area contributed by atoms with Gasteiger partial charge in [0.2, 0.25) is 11.8 Å². The first-order valence-corrected chi connectivity index (χ1v) is 6.63. The number of carbonyl (C=O) groups is 2. The van der Waals surface area contributed by atoms with Crippen molar-refractivity contribution in [2.24, 2.45) is 0 Å². The Balaban J connectivity index is 2.04. The molecule has 1 aliphatic heterocycles. The molecule has 0 saturated carbocycles. The summed E-state index contributed by atoms with van der Waals surface area (Å²) < 4.78 is 13.0. The molecule has 4 nitrogen and oxygen atoms in total. The normalized spacial score (nSPS) is 16.1. The van der Waals surface area contributed by atoms with E-state index in [1.165, 1.54) is 29.2 Å². The summed E-state index contributed by atoms with van der Waals surface area (Å²) in [4.78, 5) is 24.8. The van der Waals surface area contributed by atoms with Gasteiger partial charge in [0.15, 0.2) is 0 Å². The Morgan fingerprint density at radius 2 is 2.25 bits per heavy atom. The average molecular weight is 297 g/mol. The van der Waals surface area contributed by atoms with Gasteiger partial charge in [-0.05, 0) is 30.2 Å². The predicted molar refractivity (Wildman–Crippen MR) is 74.7 cm³/mol. The molecule has 1 fully saturated rings. The molecule has 0 aliphatic carbocycles. The maximum absolute atomic E-state index is 13.0. The van der Waals surface area contributed by atoms with Crippen LogP contribution in [-0.2, 0) is 9.59 Å². The van der Waals surface area contributed by atoms with Crippen molar-refractivity contribution in [1.82, 2.24) is 10.2 Å². The van der Waals surface area contributed by atoms with Crippen LogP contribution in [0, 0.1) is 5.82 Å². The van der Waals surface area contributed by atoms with Crippen LogP contribution in [-0.4, -0.2) is 36.3 Å². The van der Waals surface area contributed by atoms with Crippen molar-refractivity contribution in [3.63, 3.8) is 0 Å². The lowest BCUT2D eigenvalue weighted by Gasteiger charge is -2.16. The summed E-state index contributed by atoms with van der Waals surface area (Å²) in [5.41, 5.74) is 0.629. The number of benzene rings is 1. The Morgan fingerprint density at radius 3 is 3.00 bits per heavy atom. The highest BCUT2D eigenvalue weighted by molar-refractivity contribution is 6.30. The van der Waals surface area contributed by atoms with Gasteiger partial charge in [0.05, 0.1) is 11.6 Å². The van der Waals surface area contributed by atoms with Crippen LogP contribution in [0.4, 0.5) is 4.39 Å². The smallest absolute Gasteiger partial charge is 0.247 e. The van der Waals surface area contributed by atoms with Crippen molar-refractivity contribution < 1.29 is 14.0 Å². The third kappa shape index (κ3) is 3.81. The number of hydrogen-bond acceptors (Lipinski definition) is 2. The number of carbonyl (C=O) groups excluding carboxylic acids is 2. The molecule has 1 N–H and O–H groups in total. The Labute approximate surface area is 121 Å². The van der Waals surface area contributed by atoms with Crippen LogP contribution in [0.5, 0.6) is 0 Å². The molecule has 0 spiro atoms. The molecular weight excluding hydrogens is 283 g/mol. The van der Waals surface area contributed by atoms with E-state index in [2.05, 4.69) is 5.32 Å². The molecule has 2 amide bonds. The van der Waals surface area contributed by atoms with Crippen LogP contribution >= 0.6 is 11.6 Å². The zero-order valence-corrected chi connectivity index (χ0v) is 11.5. The van der Waals surface area contributed by atoms with Crippen LogP contribution in [0.15, 0.2) is 24.3 Å². The fourth-order valence-corrected chi connectivity index (χ4v) is 2.07. The summed E-state index contributed by atoms with van der Waals surface area (Å²) in [6.07, 6.45) is 3.65. The van der Waals surface area contributed by atoms with E-state index in [1.807, 2.05) is 0 Å². The summed E-state index contributed by atoms with van der Waals surface area (Å²) in [5.74, 6) is -0.907. The number of amides is 2. The molecule has 6 heteroatoms. The van der Waals surface area contributed by atoms with Crippen molar-refractivity contribution in [2.75, 3.05) is 19.6 Å². The van der Waals surface area contributed by atoms with Crippen LogP contribution < -0.4 is 5.32 Å². The van der Waals surface area contributed by atoms with Gasteiger partial charge in [0.25, 0.3) is 0 Å². The lowest BCUT2D eigenvalue weighted by Crippen LogP contribution is -2.36. The van der Waals surface area contributed by atoms with Crippen LogP contribution in [0.2, 0.25) is 5.02 Å². The predicted octanol–water partition coefficient (Wildman–Crippen LogP) is 1.84. The van der Waals surface area contributed by atoms with E-state index in [-0.39, 0.29) is 23.4 Å². The van der Waals surface area contributed by atoms with Gasteiger partial charge >= 0.3 is 0 Å². The van der Waals surface area contributed by atoms with Gasteiger partial charge < -0.3 is 10.2 Å². The van der Waals surface area contributed by atoms with Crippen molar-refractivity contribution in [3.8, 4) is 0 Å². The summed E-state index contributed by atoms with van der Waals surface area (Å²) in [6, 6.07) is 4.21. The quantitative estimate of drug-likeness (QED) is 0.847. The molecule has 1 aromatic carbocycles. The van der Waals surface area contributed by atoms with E-state index >= 15 is 0 Å². The van der Waals surface area contributed by atoms with Gasteiger partial charge in [-0.15, -0.1) is 0 Å². The lowest BCUT2D eigenvalue weighted by atomic mass is 10.2. The van der Waals surface area contributed by atoms with E-state index < -0.39 is 5.82 Å². The first-order chi connectivity index (χ1) is 9.56. The molecular formula is C14H14ClFN2O2. The van der Waals surface area contributed by atoms with Crippen molar-refractivity contribution in [1.29, 1.82) is 0 Å². The van der Waals surface area contributed by atoms with Gasteiger partial charge in [-0.25, -0.2) is 4.39 Å². The summed E-state index contributed by atoms with van der Waals surface area (Å²) in [7, 11) is 0. The number of hydrogen-bond donors (Lipinski definition) is 1. The molecule has 20 heavy (non-hydrogen) atoms. The van der Waals surface area contributed by atoms with Crippen LogP contribution in [0.3, 0.4) is 0 Å². The van der Waals surface area contributed by atoms with Gasteiger partial charge in [-0.1, -0.05) is 17.7 Å². The van der Waals surface area contributed by atoms with Gasteiger partial charge in [0.1, 0.15) is 5.82 Å². The number of halogens is 2. The molecule has 2 rings (SSSR count). The second-order valence-corrected chi connectivity index (χ2v) is 4.88. The van der Waals surface area contributed by atoms with Crippen LogP contribution in [0.1, 0.15) is 12.0 Å². The average Bonchev–Trinajstić information content (AvgIpc) is 2.64. The third-order valence-electron chi connectivity index (χ3n) is 2.94. The minimum absolute atomic E-state index is 0.00810. The monoisotopic (exact) mass is 296 g/mol. The van der Waals surface area contributed by atoms with Gasteiger partial charge in [0, 0.05) is 19.2 Å². The highest BCUT2D eigenvalue weighted by atomic mass is 35.5. The first-order valence-electron chi connectivity index (χ1n) is 6.25. The summed E-state index contributed by atoms with van der Waals surface area (Å²) >= 11 is 5.66. The molecule has 0 radical (unpaired) electrons. The molecule has 0 atom stereocenters. The van der Waals surface area contributed by atoms with Gasteiger partial charge in [-0.3, -0.25) is 9.59 Å². The highest BCUT2D eigenvalue weighted by Crippen LogP contribution is 2.17. The van der Waals surface area contributed by atoms with E-state index in [1.54, 1.807) is 6.08 Å². The number of rotatable bonds is 2. The molecule has 1 heterocycles. The SMILES string of the molecule is O=C1CN(C(=O)C=Cc2ccc(F)c(Cl)c2)CCCN1. The van der Waals surface area contributed by atoms with E-state index in [0.29, 0.717) is 18.7 Å². The zero-order chi connectivity index (χ0) is 14.5. The second-order valence-electron chi connectivity index (χ2n) is 4.47. The van der Waals surface area contributed by atoms with Gasteiger partial charge in [-0.2, -0.15) is 0 Å². The Bertz CT molecular complexity index is 560. The number of nitrogens with one attached hydrogen (secondary N) is 1. The number of nitrogens with zero attached hydrogens (tertiary/aromatic N) is 1. The van der Waals surface area contributed by atoms with E-state index in [0.717, 1.165) is 6.42 Å². The minimum Gasteiger partial charge on any atom is -0.354 e. The zero-order valence-electron chi connectivity index (χ0n) is 10.7. The summed E-state index contributed by atoms with van der Waals surface area (Å²) in [6.45, 7) is 1.18. The fourth-order valence-electron chi connectivity index (χ4n) is 1.88. The summed E-state index contributed by atoms with van der Waals surface area (Å²) in [5, 5.41) is 2.71. The minimum atomic E-state index is -0.501.